The molecule has 0 bridgehead atoms. The molecule has 2 N–H and O–H groups in total. The molecule has 0 radical (unpaired) electrons. The Balaban J connectivity index is 1.85. The Morgan fingerprint density at radius 1 is 1.18 bits per heavy atom. The van der Waals surface area contributed by atoms with Gasteiger partial charge < -0.3 is 10.6 Å². The minimum Gasteiger partial charge on any atom is -0.399 e. The normalized spacial score (nSPS) is 17.1. The second-order valence-corrected chi connectivity index (χ2v) is 4.52. The smallest absolute Gasteiger partial charge is 0.219 e. The number of nitrogens with zero attached hydrogens (tertiary/aromatic N) is 2. The predicted molar refractivity (Wildman–Crippen MR) is 68.4 cm³/mol. The maximum Gasteiger partial charge on any atom is 0.219 e. The summed E-state index contributed by atoms with van der Waals surface area (Å²) in [5, 5.41) is 0. The zero-order valence-electron chi connectivity index (χ0n) is 10.2. The van der Waals surface area contributed by atoms with Crippen molar-refractivity contribution in [1.82, 2.24) is 9.80 Å². The van der Waals surface area contributed by atoms with E-state index < -0.39 is 0 Å². The summed E-state index contributed by atoms with van der Waals surface area (Å²) >= 11 is 0. The van der Waals surface area contributed by atoms with Crippen LogP contribution in [0.3, 0.4) is 0 Å². The molecule has 1 amide bonds. The molecule has 0 unspecified atom stereocenters. The number of hydrogen-bond acceptors (Lipinski definition) is 3. The highest BCUT2D eigenvalue weighted by Crippen LogP contribution is 2.10. The van der Waals surface area contributed by atoms with Gasteiger partial charge in [-0.15, -0.1) is 0 Å². The third-order valence-corrected chi connectivity index (χ3v) is 3.20. The molecule has 4 heteroatoms. The van der Waals surface area contributed by atoms with Crippen LogP contribution < -0.4 is 5.73 Å². The van der Waals surface area contributed by atoms with Crippen LogP contribution in [0.15, 0.2) is 24.3 Å². The number of benzene rings is 1. The van der Waals surface area contributed by atoms with Crippen LogP contribution in [0.4, 0.5) is 5.69 Å². The molecule has 1 saturated heterocycles. The Hall–Kier alpha value is -1.55. The summed E-state index contributed by atoms with van der Waals surface area (Å²) in [4.78, 5) is 15.5. The van der Waals surface area contributed by atoms with Gasteiger partial charge in [0.25, 0.3) is 0 Å². The van der Waals surface area contributed by atoms with Crippen LogP contribution in [0.5, 0.6) is 0 Å². The van der Waals surface area contributed by atoms with Crippen LogP contribution in [-0.4, -0.2) is 41.9 Å². The Kier molecular flexibility index (Phi) is 3.64. The van der Waals surface area contributed by atoms with Crippen molar-refractivity contribution in [2.24, 2.45) is 0 Å². The van der Waals surface area contributed by atoms with Crippen molar-refractivity contribution in [3.8, 4) is 0 Å². The minimum absolute atomic E-state index is 0.178. The second kappa shape index (κ2) is 5.19. The van der Waals surface area contributed by atoms with Crippen LogP contribution in [0.25, 0.3) is 0 Å². The van der Waals surface area contributed by atoms with Gasteiger partial charge in [0.1, 0.15) is 0 Å². The Labute approximate surface area is 102 Å². The predicted octanol–water partition coefficient (Wildman–Crippen LogP) is 0.933. The average molecular weight is 233 g/mol. The van der Waals surface area contributed by atoms with Crippen LogP contribution in [-0.2, 0) is 11.3 Å². The van der Waals surface area contributed by atoms with Crippen molar-refractivity contribution in [1.29, 1.82) is 0 Å². The standard InChI is InChI=1S/C13H19N3O/c1-11(17)16-8-6-15(7-9-16)10-12-2-4-13(14)5-3-12/h2-5H,6-10,14H2,1H3. The van der Waals surface area contributed by atoms with Gasteiger partial charge in [-0.1, -0.05) is 12.1 Å². The first-order valence-corrected chi connectivity index (χ1v) is 5.97. The summed E-state index contributed by atoms with van der Waals surface area (Å²) < 4.78 is 0. The average Bonchev–Trinajstić information content (AvgIpc) is 2.33. The van der Waals surface area contributed by atoms with Gasteiger partial charge in [-0.05, 0) is 17.7 Å². The number of anilines is 1. The van der Waals surface area contributed by atoms with Gasteiger partial charge in [0.2, 0.25) is 5.91 Å². The molecule has 0 aliphatic carbocycles. The van der Waals surface area contributed by atoms with Crippen molar-refractivity contribution in [2.45, 2.75) is 13.5 Å². The zero-order chi connectivity index (χ0) is 12.3. The molecule has 0 saturated carbocycles. The number of hydrogen-bond donors (Lipinski definition) is 1. The van der Waals surface area contributed by atoms with Crippen molar-refractivity contribution >= 4 is 11.6 Å². The lowest BCUT2D eigenvalue weighted by atomic mass is 10.2. The van der Waals surface area contributed by atoms with Gasteiger partial charge in [0.05, 0.1) is 0 Å². The fourth-order valence-corrected chi connectivity index (χ4v) is 2.10. The molecule has 0 spiro atoms. The molecule has 92 valence electrons. The van der Waals surface area contributed by atoms with Gasteiger partial charge in [0, 0.05) is 45.3 Å². The molecule has 0 atom stereocenters. The highest BCUT2D eigenvalue weighted by Gasteiger charge is 2.18. The third kappa shape index (κ3) is 3.20. The van der Waals surface area contributed by atoms with Crippen molar-refractivity contribution in [3.05, 3.63) is 29.8 Å². The minimum atomic E-state index is 0.178. The summed E-state index contributed by atoms with van der Waals surface area (Å²) in [5.74, 6) is 0.178. The fraction of sp³-hybridized carbons (Fsp3) is 0.462. The molecule has 0 aromatic heterocycles. The zero-order valence-corrected chi connectivity index (χ0v) is 10.2. The highest BCUT2D eigenvalue weighted by molar-refractivity contribution is 5.73. The largest absolute Gasteiger partial charge is 0.399 e. The van der Waals surface area contributed by atoms with Crippen molar-refractivity contribution < 1.29 is 4.79 Å². The number of amides is 1. The third-order valence-electron chi connectivity index (χ3n) is 3.20. The van der Waals surface area contributed by atoms with Crippen molar-refractivity contribution in [3.63, 3.8) is 0 Å². The number of nitrogens with two attached hydrogens (primary N) is 1. The fourth-order valence-electron chi connectivity index (χ4n) is 2.10. The molecule has 2 rings (SSSR count). The first-order valence-electron chi connectivity index (χ1n) is 5.97. The number of carbonyl (C=O) groups excluding carboxylic acids is 1. The van der Waals surface area contributed by atoms with Crippen LogP contribution in [0.2, 0.25) is 0 Å². The Morgan fingerprint density at radius 3 is 2.29 bits per heavy atom. The highest BCUT2D eigenvalue weighted by atomic mass is 16.2. The molecule has 1 fully saturated rings. The van der Waals surface area contributed by atoms with Gasteiger partial charge in [-0.25, -0.2) is 0 Å². The lowest BCUT2D eigenvalue weighted by Crippen LogP contribution is -2.47. The first-order chi connectivity index (χ1) is 8.15. The molecule has 1 aromatic rings. The molecular formula is C13H19N3O. The summed E-state index contributed by atoms with van der Waals surface area (Å²) in [6.45, 7) is 6.14. The summed E-state index contributed by atoms with van der Waals surface area (Å²) in [5.41, 5.74) is 7.73. The van der Waals surface area contributed by atoms with Gasteiger partial charge >= 0.3 is 0 Å². The molecular weight excluding hydrogens is 214 g/mol. The lowest BCUT2D eigenvalue weighted by Gasteiger charge is -2.34. The van der Waals surface area contributed by atoms with E-state index in [-0.39, 0.29) is 5.91 Å². The molecule has 1 aliphatic heterocycles. The summed E-state index contributed by atoms with van der Waals surface area (Å²) in [6, 6.07) is 7.99. The van der Waals surface area contributed by atoms with E-state index in [4.69, 9.17) is 5.73 Å². The monoisotopic (exact) mass is 233 g/mol. The van der Waals surface area contributed by atoms with E-state index in [0.717, 1.165) is 38.4 Å². The molecule has 4 nitrogen and oxygen atoms in total. The van der Waals surface area contributed by atoms with E-state index in [1.165, 1.54) is 5.56 Å². The SMILES string of the molecule is CC(=O)N1CCN(Cc2ccc(N)cc2)CC1. The second-order valence-electron chi connectivity index (χ2n) is 4.52. The Bertz CT molecular complexity index is 380. The first kappa shape index (κ1) is 11.9. The van der Waals surface area contributed by atoms with E-state index in [2.05, 4.69) is 17.0 Å². The van der Waals surface area contributed by atoms with E-state index in [1.54, 1.807) is 6.92 Å². The number of rotatable bonds is 2. The van der Waals surface area contributed by atoms with Crippen LogP contribution in [0, 0.1) is 0 Å². The lowest BCUT2D eigenvalue weighted by molar-refractivity contribution is -0.130. The van der Waals surface area contributed by atoms with E-state index in [1.807, 2.05) is 17.0 Å². The van der Waals surface area contributed by atoms with Crippen LogP contribution in [0.1, 0.15) is 12.5 Å². The van der Waals surface area contributed by atoms with E-state index in [0.29, 0.717) is 0 Å². The van der Waals surface area contributed by atoms with E-state index >= 15 is 0 Å². The molecule has 1 aromatic carbocycles. The topological polar surface area (TPSA) is 49.6 Å². The van der Waals surface area contributed by atoms with E-state index in [9.17, 15) is 4.79 Å². The molecule has 17 heavy (non-hydrogen) atoms. The molecule has 1 heterocycles. The number of nitrogen functional groups attached to an aromatic ring is 1. The number of piperazine rings is 1. The summed E-state index contributed by atoms with van der Waals surface area (Å²) in [7, 11) is 0. The summed E-state index contributed by atoms with van der Waals surface area (Å²) in [6.07, 6.45) is 0. The van der Waals surface area contributed by atoms with Gasteiger partial charge in [-0.2, -0.15) is 0 Å². The van der Waals surface area contributed by atoms with Gasteiger partial charge in [-0.3, -0.25) is 9.69 Å². The number of carbonyl (C=O) groups is 1. The maximum atomic E-state index is 11.2. The van der Waals surface area contributed by atoms with Gasteiger partial charge in [0.15, 0.2) is 0 Å². The van der Waals surface area contributed by atoms with Crippen LogP contribution >= 0.6 is 0 Å². The quantitative estimate of drug-likeness (QED) is 0.773. The maximum absolute atomic E-state index is 11.2. The molecule has 1 aliphatic rings. The van der Waals surface area contributed by atoms with Crippen molar-refractivity contribution in [2.75, 3.05) is 31.9 Å². The Morgan fingerprint density at radius 2 is 1.76 bits per heavy atom.